The van der Waals surface area contributed by atoms with Gasteiger partial charge in [0.15, 0.2) is 0 Å². The number of rotatable bonds is 3. The first kappa shape index (κ1) is 10.3. The standard InChI is InChI=1S/C11H14O4/c1-2-15-11(14)10(13)8-5-6-3-4-7(6)9(8)12/h6-8H,2-5H2,1H3. The number of carbonyl (C=O) groups excluding carboxylic acids is 3. The van der Waals surface area contributed by atoms with Crippen LogP contribution in [0, 0.1) is 17.8 Å². The molecule has 15 heavy (non-hydrogen) atoms. The van der Waals surface area contributed by atoms with E-state index in [1.54, 1.807) is 6.92 Å². The number of ether oxygens (including phenoxy) is 1. The smallest absolute Gasteiger partial charge is 0.375 e. The van der Waals surface area contributed by atoms with Crippen LogP contribution in [0.2, 0.25) is 0 Å². The van der Waals surface area contributed by atoms with Crippen LogP contribution in [0.15, 0.2) is 0 Å². The molecule has 2 saturated carbocycles. The second kappa shape index (κ2) is 3.76. The maximum absolute atomic E-state index is 11.7. The number of ketones is 2. The summed E-state index contributed by atoms with van der Waals surface area (Å²) in [5, 5.41) is 0. The van der Waals surface area contributed by atoms with Gasteiger partial charge in [-0.2, -0.15) is 0 Å². The van der Waals surface area contributed by atoms with Crippen molar-refractivity contribution in [1.29, 1.82) is 0 Å². The maximum atomic E-state index is 11.7. The van der Waals surface area contributed by atoms with Gasteiger partial charge in [-0.1, -0.05) is 0 Å². The Kier molecular flexibility index (Phi) is 2.59. The van der Waals surface area contributed by atoms with Gasteiger partial charge in [0, 0.05) is 5.92 Å². The number of Topliss-reactive ketones (excluding diaryl/α,β-unsaturated/α-hetero) is 2. The Morgan fingerprint density at radius 2 is 2.13 bits per heavy atom. The van der Waals surface area contributed by atoms with E-state index in [9.17, 15) is 14.4 Å². The van der Waals surface area contributed by atoms with Gasteiger partial charge in [-0.25, -0.2) is 4.79 Å². The van der Waals surface area contributed by atoms with Crippen LogP contribution >= 0.6 is 0 Å². The van der Waals surface area contributed by atoms with Crippen molar-refractivity contribution in [3.8, 4) is 0 Å². The van der Waals surface area contributed by atoms with Crippen molar-refractivity contribution in [3.63, 3.8) is 0 Å². The lowest BCUT2D eigenvalue weighted by Crippen LogP contribution is -2.31. The van der Waals surface area contributed by atoms with Gasteiger partial charge in [-0.05, 0) is 32.1 Å². The van der Waals surface area contributed by atoms with Gasteiger partial charge in [0.05, 0.1) is 12.5 Å². The lowest BCUT2D eigenvalue weighted by Gasteiger charge is -2.27. The molecule has 0 amide bonds. The monoisotopic (exact) mass is 210 g/mol. The fourth-order valence-electron chi connectivity index (χ4n) is 2.48. The molecule has 2 aliphatic rings. The largest absolute Gasteiger partial charge is 0.460 e. The van der Waals surface area contributed by atoms with Crippen LogP contribution in [0.3, 0.4) is 0 Å². The molecule has 2 rings (SSSR count). The fourth-order valence-corrected chi connectivity index (χ4v) is 2.48. The van der Waals surface area contributed by atoms with E-state index in [4.69, 9.17) is 0 Å². The van der Waals surface area contributed by atoms with Crippen LogP contribution in [0.1, 0.15) is 26.2 Å². The van der Waals surface area contributed by atoms with Gasteiger partial charge >= 0.3 is 5.97 Å². The summed E-state index contributed by atoms with van der Waals surface area (Å²) in [6.07, 6.45) is 2.46. The van der Waals surface area contributed by atoms with E-state index in [2.05, 4.69) is 4.74 Å². The minimum atomic E-state index is -0.850. The minimum absolute atomic E-state index is 0.0377. The van der Waals surface area contributed by atoms with Gasteiger partial charge in [0.1, 0.15) is 5.78 Å². The molecule has 2 fully saturated rings. The van der Waals surface area contributed by atoms with E-state index in [1.165, 1.54) is 0 Å². The molecule has 3 atom stereocenters. The summed E-state index contributed by atoms with van der Waals surface area (Å²) in [4.78, 5) is 34.4. The molecule has 0 aliphatic heterocycles. The zero-order chi connectivity index (χ0) is 11.0. The first-order valence-corrected chi connectivity index (χ1v) is 5.39. The molecular formula is C11H14O4. The Morgan fingerprint density at radius 1 is 1.40 bits per heavy atom. The van der Waals surface area contributed by atoms with Crippen LogP contribution < -0.4 is 0 Å². The van der Waals surface area contributed by atoms with E-state index < -0.39 is 17.7 Å². The van der Waals surface area contributed by atoms with Gasteiger partial charge in [0.2, 0.25) is 5.78 Å². The van der Waals surface area contributed by atoms with Crippen molar-refractivity contribution >= 4 is 17.5 Å². The third-order valence-corrected chi connectivity index (χ3v) is 3.46. The van der Waals surface area contributed by atoms with Gasteiger partial charge in [-0.3, -0.25) is 9.59 Å². The summed E-state index contributed by atoms with van der Waals surface area (Å²) < 4.78 is 4.61. The maximum Gasteiger partial charge on any atom is 0.375 e. The van der Waals surface area contributed by atoms with Crippen molar-refractivity contribution < 1.29 is 19.1 Å². The molecule has 2 aliphatic carbocycles. The molecule has 0 radical (unpaired) electrons. The van der Waals surface area contributed by atoms with Crippen LogP contribution in [0.4, 0.5) is 0 Å². The zero-order valence-electron chi connectivity index (χ0n) is 8.69. The Morgan fingerprint density at radius 3 is 2.53 bits per heavy atom. The Labute approximate surface area is 88.0 Å². The molecule has 0 saturated heterocycles. The predicted molar refractivity (Wildman–Crippen MR) is 51.0 cm³/mol. The summed E-state index contributed by atoms with van der Waals surface area (Å²) in [6.45, 7) is 1.82. The quantitative estimate of drug-likeness (QED) is 0.391. The number of carbonyl (C=O) groups is 3. The van der Waals surface area contributed by atoms with Crippen molar-refractivity contribution in [3.05, 3.63) is 0 Å². The van der Waals surface area contributed by atoms with Crippen molar-refractivity contribution in [1.82, 2.24) is 0 Å². The van der Waals surface area contributed by atoms with Crippen LogP contribution in [0.5, 0.6) is 0 Å². The summed E-state index contributed by atoms with van der Waals surface area (Å²) in [5.74, 6) is -1.84. The Hall–Kier alpha value is -1.19. The number of esters is 1. The van der Waals surface area contributed by atoms with E-state index in [1.807, 2.05) is 0 Å². The summed E-state index contributed by atoms with van der Waals surface area (Å²) in [6, 6.07) is 0. The molecule has 82 valence electrons. The SMILES string of the molecule is CCOC(=O)C(=O)C1CC2CCC2C1=O. The third-order valence-electron chi connectivity index (χ3n) is 3.46. The number of hydrogen-bond donors (Lipinski definition) is 0. The fraction of sp³-hybridized carbons (Fsp3) is 0.727. The molecule has 0 spiro atoms. The normalized spacial score (nSPS) is 33.1. The first-order valence-electron chi connectivity index (χ1n) is 5.39. The van der Waals surface area contributed by atoms with Crippen molar-refractivity contribution in [2.45, 2.75) is 26.2 Å². The molecule has 0 heterocycles. The molecule has 3 unspecified atom stereocenters. The predicted octanol–water partition coefficient (Wildman–Crippen LogP) is 0.734. The molecule has 0 bridgehead atoms. The van der Waals surface area contributed by atoms with E-state index in [-0.39, 0.29) is 18.3 Å². The second-order valence-electron chi connectivity index (χ2n) is 4.22. The minimum Gasteiger partial charge on any atom is -0.460 e. The summed E-state index contributed by atoms with van der Waals surface area (Å²) in [7, 11) is 0. The summed E-state index contributed by atoms with van der Waals surface area (Å²) in [5.41, 5.74) is 0. The summed E-state index contributed by atoms with van der Waals surface area (Å²) >= 11 is 0. The molecule has 0 aromatic heterocycles. The lowest BCUT2D eigenvalue weighted by molar-refractivity contribution is -0.156. The van der Waals surface area contributed by atoms with Gasteiger partial charge in [0.25, 0.3) is 0 Å². The van der Waals surface area contributed by atoms with Crippen molar-refractivity contribution in [2.24, 2.45) is 17.8 Å². The third kappa shape index (κ3) is 1.58. The van der Waals surface area contributed by atoms with Gasteiger partial charge < -0.3 is 4.74 Å². The zero-order valence-corrected chi connectivity index (χ0v) is 8.69. The molecule has 0 aromatic carbocycles. The van der Waals surface area contributed by atoms with Gasteiger partial charge in [-0.15, -0.1) is 0 Å². The molecule has 4 nitrogen and oxygen atoms in total. The molecule has 4 heteroatoms. The number of fused-ring (bicyclic) bond motifs is 1. The molecule has 0 N–H and O–H groups in total. The van der Waals surface area contributed by atoms with Crippen LogP contribution in [0.25, 0.3) is 0 Å². The Balaban J connectivity index is 2.02. The first-order chi connectivity index (χ1) is 7.15. The molecular weight excluding hydrogens is 196 g/mol. The second-order valence-corrected chi connectivity index (χ2v) is 4.22. The van der Waals surface area contributed by atoms with E-state index in [0.29, 0.717) is 12.3 Å². The van der Waals surface area contributed by atoms with E-state index in [0.717, 1.165) is 12.8 Å². The molecule has 0 aromatic rings. The average Bonchev–Trinajstić information content (AvgIpc) is 2.36. The highest BCUT2D eigenvalue weighted by Gasteiger charge is 2.51. The number of hydrogen-bond acceptors (Lipinski definition) is 4. The lowest BCUT2D eigenvalue weighted by atomic mass is 9.76. The topological polar surface area (TPSA) is 60.4 Å². The Bertz CT molecular complexity index is 321. The highest BCUT2D eigenvalue weighted by molar-refractivity contribution is 6.38. The van der Waals surface area contributed by atoms with Crippen LogP contribution in [-0.4, -0.2) is 24.1 Å². The van der Waals surface area contributed by atoms with Crippen LogP contribution in [-0.2, 0) is 19.1 Å². The highest BCUT2D eigenvalue weighted by Crippen LogP contribution is 2.47. The van der Waals surface area contributed by atoms with Crippen molar-refractivity contribution in [2.75, 3.05) is 6.61 Å². The highest BCUT2D eigenvalue weighted by atomic mass is 16.5. The average molecular weight is 210 g/mol. The van der Waals surface area contributed by atoms with E-state index >= 15 is 0 Å².